The van der Waals surface area contributed by atoms with E-state index in [1.165, 1.54) is 11.8 Å². The van der Waals surface area contributed by atoms with Crippen molar-refractivity contribution in [3.8, 4) is 5.69 Å². The number of amides is 1. The van der Waals surface area contributed by atoms with Crippen molar-refractivity contribution in [2.75, 3.05) is 11.1 Å². The summed E-state index contributed by atoms with van der Waals surface area (Å²) in [6.07, 6.45) is 0. The number of carbonyl (C=O) groups is 1. The molecule has 6 heteroatoms. The molecule has 0 unspecified atom stereocenters. The van der Waals surface area contributed by atoms with E-state index in [1.807, 2.05) is 80.6 Å². The van der Waals surface area contributed by atoms with Crippen LogP contribution >= 0.6 is 11.8 Å². The van der Waals surface area contributed by atoms with Crippen molar-refractivity contribution in [3.05, 3.63) is 94.3 Å². The third kappa shape index (κ3) is 4.14. The quantitative estimate of drug-likeness (QED) is 0.378. The van der Waals surface area contributed by atoms with E-state index in [4.69, 9.17) is 4.98 Å². The monoisotopic (exact) mass is 415 g/mol. The van der Waals surface area contributed by atoms with Gasteiger partial charge < -0.3 is 5.32 Å². The zero-order valence-corrected chi connectivity index (χ0v) is 17.6. The minimum atomic E-state index is -0.152. The van der Waals surface area contributed by atoms with E-state index < -0.39 is 0 Å². The number of nitrogens with one attached hydrogen (secondary N) is 1. The first-order valence-corrected chi connectivity index (χ1v) is 10.6. The first-order chi connectivity index (χ1) is 14.5. The van der Waals surface area contributed by atoms with Crippen molar-refractivity contribution >= 4 is 34.3 Å². The number of hydrogen-bond donors (Lipinski definition) is 1. The minimum absolute atomic E-state index is 0.139. The number of nitrogens with zero attached hydrogens (tertiary/aromatic N) is 2. The molecule has 1 heterocycles. The Morgan fingerprint density at radius 2 is 1.73 bits per heavy atom. The topological polar surface area (TPSA) is 64.0 Å². The van der Waals surface area contributed by atoms with Gasteiger partial charge in [0.2, 0.25) is 5.91 Å². The Bertz CT molecular complexity index is 1280. The summed E-state index contributed by atoms with van der Waals surface area (Å²) in [5.74, 6) is -0.00835. The largest absolute Gasteiger partial charge is 0.325 e. The van der Waals surface area contributed by atoms with Crippen LogP contribution in [0, 0.1) is 13.8 Å². The molecule has 0 radical (unpaired) electrons. The number of para-hydroxylation sites is 2. The molecule has 150 valence electrons. The van der Waals surface area contributed by atoms with Gasteiger partial charge >= 0.3 is 0 Å². The number of thioether (sulfide) groups is 1. The fourth-order valence-corrected chi connectivity index (χ4v) is 4.04. The summed E-state index contributed by atoms with van der Waals surface area (Å²) in [6, 6.07) is 22.6. The molecule has 1 N–H and O–H groups in total. The van der Waals surface area contributed by atoms with Crippen molar-refractivity contribution < 1.29 is 4.79 Å². The summed E-state index contributed by atoms with van der Waals surface area (Å²) in [4.78, 5) is 30.5. The number of aryl methyl sites for hydroxylation is 2. The lowest BCUT2D eigenvalue weighted by Crippen LogP contribution is -2.23. The maximum absolute atomic E-state index is 13.4. The lowest BCUT2D eigenvalue weighted by Gasteiger charge is -2.15. The minimum Gasteiger partial charge on any atom is -0.325 e. The molecular formula is C24H21N3O2S. The molecule has 0 bridgehead atoms. The molecule has 0 aliphatic heterocycles. The van der Waals surface area contributed by atoms with Crippen LogP contribution in [0.25, 0.3) is 16.6 Å². The van der Waals surface area contributed by atoms with Gasteiger partial charge in [-0.2, -0.15) is 0 Å². The molecule has 1 amide bonds. The SMILES string of the molecule is Cc1ccc(C)c(-n2c(SCC(=O)Nc3ccccc3)nc3ccccc3c2=O)c1. The van der Waals surface area contributed by atoms with E-state index in [2.05, 4.69) is 5.32 Å². The highest BCUT2D eigenvalue weighted by Gasteiger charge is 2.16. The Morgan fingerprint density at radius 3 is 2.53 bits per heavy atom. The first-order valence-electron chi connectivity index (χ1n) is 9.60. The molecule has 0 saturated heterocycles. The average molecular weight is 416 g/mol. The fourth-order valence-electron chi connectivity index (χ4n) is 3.23. The van der Waals surface area contributed by atoms with Gasteiger partial charge in [-0.15, -0.1) is 0 Å². The van der Waals surface area contributed by atoms with E-state index in [0.717, 1.165) is 22.5 Å². The standard InChI is InChI=1S/C24H21N3O2S/c1-16-12-13-17(2)21(14-16)27-23(29)19-10-6-7-11-20(19)26-24(27)30-15-22(28)25-18-8-4-3-5-9-18/h3-14H,15H2,1-2H3,(H,25,28). The third-order valence-corrected chi connectivity index (χ3v) is 5.68. The molecule has 4 rings (SSSR count). The first kappa shape index (κ1) is 19.9. The second kappa shape index (κ2) is 8.55. The van der Waals surface area contributed by atoms with Crippen LogP contribution in [0.5, 0.6) is 0 Å². The predicted octanol–water partition coefficient (Wildman–Crippen LogP) is 4.73. The maximum Gasteiger partial charge on any atom is 0.266 e. The van der Waals surface area contributed by atoms with Crippen molar-refractivity contribution in [3.63, 3.8) is 0 Å². The highest BCUT2D eigenvalue weighted by Crippen LogP contribution is 2.24. The molecule has 0 aliphatic rings. The number of rotatable bonds is 5. The van der Waals surface area contributed by atoms with Crippen LogP contribution < -0.4 is 10.9 Å². The lowest BCUT2D eigenvalue weighted by molar-refractivity contribution is -0.113. The number of hydrogen-bond acceptors (Lipinski definition) is 4. The Hall–Kier alpha value is -3.38. The van der Waals surface area contributed by atoms with Gasteiger partial charge in [-0.05, 0) is 55.3 Å². The maximum atomic E-state index is 13.4. The van der Waals surface area contributed by atoms with Crippen molar-refractivity contribution in [1.82, 2.24) is 9.55 Å². The highest BCUT2D eigenvalue weighted by atomic mass is 32.2. The zero-order valence-electron chi connectivity index (χ0n) is 16.8. The van der Waals surface area contributed by atoms with E-state index in [1.54, 1.807) is 10.6 Å². The van der Waals surface area contributed by atoms with Crippen LogP contribution in [0.15, 0.2) is 82.7 Å². The zero-order chi connectivity index (χ0) is 21.1. The van der Waals surface area contributed by atoms with Crippen LogP contribution in [0.4, 0.5) is 5.69 Å². The van der Waals surface area contributed by atoms with E-state index in [0.29, 0.717) is 16.1 Å². The van der Waals surface area contributed by atoms with Gasteiger partial charge in [0.15, 0.2) is 5.16 Å². The van der Waals surface area contributed by atoms with Crippen LogP contribution in [-0.4, -0.2) is 21.2 Å². The molecule has 0 aliphatic carbocycles. The Balaban J connectivity index is 1.74. The Labute approximate surface area is 178 Å². The van der Waals surface area contributed by atoms with Crippen molar-refractivity contribution in [1.29, 1.82) is 0 Å². The van der Waals surface area contributed by atoms with Gasteiger partial charge in [-0.1, -0.05) is 54.2 Å². The number of carbonyl (C=O) groups excluding carboxylic acids is 1. The number of benzene rings is 3. The average Bonchev–Trinajstić information content (AvgIpc) is 2.75. The summed E-state index contributed by atoms with van der Waals surface area (Å²) < 4.78 is 1.62. The van der Waals surface area contributed by atoms with E-state index in [9.17, 15) is 9.59 Å². The fraction of sp³-hybridized carbons (Fsp3) is 0.125. The molecule has 0 spiro atoms. The second-order valence-corrected chi connectivity index (χ2v) is 7.99. The van der Waals surface area contributed by atoms with Crippen molar-refractivity contribution in [2.45, 2.75) is 19.0 Å². The smallest absolute Gasteiger partial charge is 0.266 e. The van der Waals surface area contributed by atoms with Crippen LogP contribution in [0.2, 0.25) is 0 Å². The summed E-state index contributed by atoms with van der Waals surface area (Å²) in [5, 5.41) is 3.92. The van der Waals surface area contributed by atoms with Crippen LogP contribution in [0.1, 0.15) is 11.1 Å². The highest BCUT2D eigenvalue weighted by molar-refractivity contribution is 7.99. The molecule has 1 aromatic heterocycles. The number of anilines is 1. The van der Waals surface area contributed by atoms with Gasteiger partial charge in [0.1, 0.15) is 0 Å². The predicted molar refractivity (Wildman–Crippen MR) is 123 cm³/mol. The summed E-state index contributed by atoms with van der Waals surface area (Å²) in [7, 11) is 0. The molecule has 4 aromatic rings. The van der Waals surface area contributed by atoms with Gasteiger partial charge in [0, 0.05) is 5.69 Å². The van der Waals surface area contributed by atoms with Crippen molar-refractivity contribution in [2.24, 2.45) is 0 Å². The Morgan fingerprint density at radius 1 is 1.00 bits per heavy atom. The molecular weight excluding hydrogens is 394 g/mol. The molecule has 0 fully saturated rings. The van der Waals surface area contributed by atoms with Gasteiger partial charge in [-0.3, -0.25) is 14.2 Å². The van der Waals surface area contributed by atoms with Crippen LogP contribution in [-0.2, 0) is 4.79 Å². The second-order valence-electron chi connectivity index (χ2n) is 7.04. The lowest BCUT2D eigenvalue weighted by atomic mass is 10.1. The number of fused-ring (bicyclic) bond motifs is 1. The third-order valence-electron chi connectivity index (χ3n) is 4.74. The van der Waals surface area contributed by atoms with E-state index in [-0.39, 0.29) is 17.2 Å². The summed E-state index contributed by atoms with van der Waals surface area (Å²) in [6.45, 7) is 3.95. The Kier molecular flexibility index (Phi) is 5.68. The summed E-state index contributed by atoms with van der Waals surface area (Å²) >= 11 is 1.25. The van der Waals surface area contributed by atoms with Gasteiger partial charge in [0.05, 0.1) is 22.3 Å². The molecule has 30 heavy (non-hydrogen) atoms. The molecule has 3 aromatic carbocycles. The van der Waals surface area contributed by atoms with Crippen LogP contribution in [0.3, 0.4) is 0 Å². The molecule has 5 nitrogen and oxygen atoms in total. The normalized spacial score (nSPS) is 10.9. The molecule has 0 atom stereocenters. The van der Waals surface area contributed by atoms with E-state index >= 15 is 0 Å². The number of aromatic nitrogens is 2. The molecule has 0 saturated carbocycles. The summed E-state index contributed by atoms with van der Waals surface area (Å²) in [5.41, 5.74) is 4.02. The van der Waals surface area contributed by atoms with Gasteiger partial charge in [0.25, 0.3) is 5.56 Å². The van der Waals surface area contributed by atoms with Gasteiger partial charge in [-0.25, -0.2) is 4.98 Å².